The number of methoxy groups -OCH3 is 2. The molecule has 1 N–H and O–H groups in total. The highest BCUT2D eigenvalue weighted by atomic mass is 32.1. The van der Waals surface area contributed by atoms with E-state index in [0.717, 1.165) is 30.7 Å². The molecule has 6 nitrogen and oxygen atoms in total. The summed E-state index contributed by atoms with van der Waals surface area (Å²) in [6.07, 6.45) is 2.63. The van der Waals surface area contributed by atoms with Gasteiger partial charge in [-0.15, -0.1) is 11.3 Å². The van der Waals surface area contributed by atoms with Gasteiger partial charge in [-0.3, -0.25) is 4.79 Å². The van der Waals surface area contributed by atoms with Gasteiger partial charge in [0.05, 0.1) is 24.3 Å². The Balaban J connectivity index is 2.26. The number of hydrogen-bond donors (Lipinski definition) is 1. The second-order valence-electron chi connectivity index (χ2n) is 7.86. The number of carbonyl (C=O) groups excluding carboxylic acids is 2. The van der Waals surface area contributed by atoms with Crippen LogP contribution in [0, 0.1) is 17.3 Å². The summed E-state index contributed by atoms with van der Waals surface area (Å²) in [6, 6.07) is 1.47. The average molecular weight is 407 g/mol. The van der Waals surface area contributed by atoms with E-state index >= 15 is 0 Å². The fourth-order valence-corrected chi connectivity index (χ4v) is 3.80. The summed E-state index contributed by atoms with van der Waals surface area (Å²) in [4.78, 5) is 28.2. The van der Waals surface area contributed by atoms with Crippen molar-refractivity contribution in [2.45, 2.75) is 46.1 Å². The molecule has 1 fully saturated rings. The SMILES string of the molecule is COCCN1CCCCC(Nc2cc(C#CC(C)(C)C)sc2C(=O)OC)C1=O. The van der Waals surface area contributed by atoms with Crippen LogP contribution in [0.25, 0.3) is 0 Å². The van der Waals surface area contributed by atoms with Crippen molar-refractivity contribution in [1.82, 2.24) is 4.90 Å². The minimum absolute atomic E-state index is 0.0406. The smallest absolute Gasteiger partial charge is 0.350 e. The molecule has 7 heteroatoms. The Morgan fingerprint density at radius 1 is 1.36 bits per heavy atom. The van der Waals surface area contributed by atoms with Crippen LogP contribution in [-0.4, -0.2) is 56.7 Å². The zero-order valence-electron chi connectivity index (χ0n) is 17.4. The number of thiophene rings is 1. The number of likely N-dealkylation sites (tertiary alicyclic amines) is 1. The van der Waals surface area contributed by atoms with Gasteiger partial charge in [0.15, 0.2) is 0 Å². The molecule has 1 aliphatic heterocycles. The molecule has 1 saturated heterocycles. The van der Waals surface area contributed by atoms with E-state index in [-0.39, 0.29) is 17.4 Å². The number of nitrogens with zero attached hydrogens (tertiary/aromatic N) is 1. The molecule has 0 aromatic carbocycles. The van der Waals surface area contributed by atoms with Crippen LogP contribution in [0.15, 0.2) is 6.07 Å². The van der Waals surface area contributed by atoms with Crippen molar-refractivity contribution in [1.29, 1.82) is 0 Å². The summed E-state index contributed by atoms with van der Waals surface area (Å²) in [5, 5.41) is 3.29. The maximum atomic E-state index is 12.9. The topological polar surface area (TPSA) is 67.9 Å². The van der Waals surface area contributed by atoms with Crippen molar-refractivity contribution in [3.63, 3.8) is 0 Å². The van der Waals surface area contributed by atoms with Crippen LogP contribution in [0.5, 0.6) is 0 Å². The molecule has 0 spiro atoms. The first kappa shape index (κ1) is 22.3. The summed E-state index contributed by atoms with van der Waals surface area (Å²) >= 11 is 1.29. The van der Waals surface area contributed by atoms with E-state index in [0.29, 0.717) is 23.7 Å². The van der Waals surface area contributed by atoms with Crippen molar-refractivity contribution >= 4 is 28.9 Å². The molecule has 154 valence electrons. The molecule has 1 aromatic rings. The van der Waals surface area contributed by atoms with Gasteiger partial charge in [0.2, 0.25) is 5.91 Å². The number of hydrogen-bond acceptors (Lipinski definition) is 6. The van der Waals surface area contributed by atoms with Gasteiger partial charge >= 0.3 is 5.97 Å². The van der Waals surface area contributed by atoms with Crippen LogP contribution < -0.4 is 5.32 Å². The number of rotatable bonds is 6. The Bertz CT molecular complexity index is 755. The molecule has 1 aliphatic rings. The van der Waals surface area contributed by atoms with Crippen molar-refractivity contribution in [2.75, 3.05) is 39.2 Å². The highest BCUT2D eigenvalue weighted by Gasteiger charge is 2.28. The summed E-state index contributed by atoms with van der Waals surface area (Å²) in [6.45, 7) is 7.92. The first-order chi connectivity index (χ1) is 13.2. The van der Waals surface area contributed by atoms with Crippen molar-refractivity contribution in [3.05, 3.63) is 15.8 Å². The molecule has 0 radical (unpaired) electrons. The highest BCUT2D eigenvalue weighted by Crippen LogP contribution is 2.30. The lowest BCUT2D eigenvalue weighted by Gasteiger charge is -2.25. The lowest BCUT2D eigenvalue weighted by atomic mass is 9.98. The molecule has 28 heavy (non-hydrogen) atoms. The summed E-state index contributed by atoms with van der Waals surface area (Å²) in [7, 11) is 2.99. The maximum Gasteiger partial charge on any atom is 0.350 e. The quantitative estimate of drug-likeness (QED) is 0.579. The molecular formula is C21H30N2O4S. The molecule has 2 heterocycles. The van der Waals surface area contributed by atoms with E-state index in [1.165, 1.54) is 18.4 Å². The molecule has 0 saturated carbocycles. The van der Waals surface area contributed by atoms with E-state index in [1.807, 2.05) is 31.7 Å². The molecular weight excluding hydrogens is 376 g/mol. The van der Waals surface area contributed by atoms with Gasteiger partial charge in [0.1, 0.15) is 10.9 Å². The van der Waals surface area contributed by atoms with Crippen LogP contribution in [0.4, 0.5) is 5.69 Å². The van der Waals surface area contributed by atoms with Crippen LogP contribution in [0.3, 0.4) is 0 Å². The van der Waals surface area contributed by atoms with Gasteiger partial charge in [-0.25, -0.2) is 4.79 Å². The third-order valence-corrected chi connectivity index (χ3v) is 5.37. The molecule has 1 atom stereocenters. The zero-order valence-corrected chi connectivity index (χ0v) is 18.2. The third-order valence-electron chi connectivity index (χ3n) is 4.34. The van der Waals surface area contributed by atoms with Crippen LogP contribution in [-0.2, 0) is 14.3 Å². The first-order valence-electron chi connectivity index (χ1n) is 9.54. The van der Waals surface area contributed by atoms with Crippen molar-refractivity contribution in [2.24, 2.45) is 5.41 Å². The normalized spacial score (nSPS) is 17.5. The van der Waals surface area contributed by atoms with Gasteiger partial charge in [-0.1, -0.05) is 11.8 Å². The third kappa shape index (κ3) is 6.25. The number of anilines is 1. The van der Waals surface area contributed by atoms with E-state index in [1.54, 1.807) is 7.11 Å². The predicted molar refractivity (Wildman–Crippen MR) is 112 cm³/mol. The summed E-state index contributed by atoms with van der Waals surface area (Å²) in [5.74, 6) is 5.93. The van der Waals surface area contributed by atoms with E-state index < -0.39 is 5.97 Å². The number of carbonyl (C=O) groups is 2. The van der Waals surface area contributed by atoms with Gasteiger partial charge in [0, 0.05) is 25.6 Å². The fraction of sp³-hybridized carbons (Fsp3) is 0.619. The number of esters is 1. The lowest BCUT2D eigenvalue weighted by Crippen LogP contribution is -2.43. The predicted octanol–water partition coefficient (Wildman–Crippen LogP) is 3.37. The molecule has 0 bridgehead atoms. The van der Waals surface area contributed by atoms with E-state index in [9.17, 15) is 9.59 Å². The maximum absolute atomic E-state index is 12.9. The number of nitrogens with one attached hydrogen (secondary N) is 1. The summed E-state index contributed by atoms with van der Waals surface area (Å²) < 4.78 is 10.0. The van der Waals surface area contributed by atoms with Crippen LogP contribution in [0.2, 0.25) is 0 Å². The summed E-state index contributed by atoms with van der Waals surface area (Å²) in [5.41, 5.74) is 0.476. The molecule has 1 amide bonds. The van der Waals surface area contributed by atoms with Crippen LogP contribution >= 0.6 is 11.3 Å². The zero-order chi connectivity index (χ0) is 20.7. The van der Waals surface area contributed by atoms with Gasteiger partial charge in [0.25, 0.3) is 0 Å². The minimum Gasteiger partial charge on any atom is -0.465 e. The van der Waals surface area contributed by atoms with E-state index in [2.05, 4.69) is 17.2 Å². The van der Waals surface area contributed by atoms with Crippen molar-refractivity contribution < 1.29 is 19.1 Å². The Labute approximate surface area is 171 Å². The fourth-order valence-electron chi connectivity index (χ4n) is 2.90. The van der Waals surface area contributed by atoms with Crippen LogP contribution in [0.1, 0.15) is 54.6 Å². The van der Waals surface area contributed by atoms with Gasteiger partial charge in [-0.05, 0) is 46.1 Å². The van der Waals surface area contributed by atoms with Gasteiger partial charge in [-0.2, -0.15) is 0 Å². The Kier molecular flexibility index (Phi) is 7.90. The molecule has 0 aliphatic carbocycles. The van der Waals surface area contributed by atoms with E-state index in [4.69, 9.17) is 9.47 Å². The molecule has 1 unspecified atom stereocenters. The minimum atomic E-state index is -0.423. The number of amides is 1. The number of ether oxygens (including phenoxy) is 2. The monoisotopic (exact) mass is 406 g/mol. The second kappa shape index (κ2) is 9.94. The average Bonchev–Trinajstić information content (AvgIpc) is 2.97. The Morgan fingerprint density at radius 2 is 2.11 bits per heavy atom. The lowest BCUT2D eigenvalue weighted by molar-refractivity contribution is -0.132. The first-order valence-corrected chi connectivity index (χ1v) is 10.4. The van der Waals surface area contributed by atoms with Crippen molar-refractivity contribution in [3.8, 4) is 11.8 Å². The standard InChI is InChI=1S/C21H30N2O4S/c1-21(2,3)10-9-15-14-17(18(28-15)20(25)27-5)22-16-8-6-7-11-23(19(16)24)12-13-26-4/h14,16,22H,6-8,11-13H2,1-5H3. The highest BCUT2D eigenvalue weighted by molar-refractivity contribution is 7.15. The largest absolute Gasteiger partial charge is 0.465 e. The Hall–Kier alpha value is -2.04. The molecule has 2 rings (SSSR count). The second-order valence-corrected chi connectivity index (χ2v) is 8.91. The molecule has 1 aromatic heterocycles. The Morgan fingerprint density at radius 3 is 2.75 bits per heavy atom. The van der Waals surface area contributed by atoms with Gasteiger partial charge < -0.3 is 19.7 Å².